The number of esters is 1. The highest BCUT2D eigenvalue weighted by Crippen LogP contribution is 2.07. The lowest BCUT2D eigenvalue weighted by Crippen LogP contribution is -2.43. The Hall–Kier alpha value is -1.69. The zero-order valence-electron chi connectivity index (χ0n) is 10.3. The van der Waals surface area contributed by atoms with Crippen LogP contribution in [0.2, 0.25) is 0 Å². The first-order valence-electron chi connectivity index (χ1n) is 5.31. The number of methoxy groups -OCH3 is 1. The van der Waals surface area contributed by atoms with Crippen molar-refractivity contribution in [3.8, 4) is 0 Å². The molecule has 0 saturated heterocycles. The van der Waals surface area contributed by atoms with E-state index in [-0.39, 0.29) is 5.91 Å². The summed E-state index contributed by atoms with van der Waals surface area (Å²) in [5.41, 5.74) is 6.58. The first kappa shape index (κ1) is 14.4. The molecule has 0 radical (unpaired) electrons. The number of nitrogens with one attached hydrogen (secondary N) is 1. The number of hydrogen-bond acceptors (Lipinski definition) is 5. The minimum atomic E-state index is -0.643. The van der Waals surface area contributed by atoms with Crippen molar-refractivity contribution in [2.45, 2.75) is 6.04 Å². The molecule has 0 aliphatic rings. The molecule has 0 unspecified atom stereocenters. The lowest BCUT2D eigenvalue weighted by molar-refractivity contribution is -0.142. The summed E-state index contributed by atoms with van der Waals surface area (Å²) in [4.78, 5) is 23.3. The maximum atomic E-state index is 11.9. The summed E-state index contributed by atoms with van der Waals surface area (Å²) in [7, 11) is 1.30. The fourth-order valence-electron chi connectivity index (χ4n) is 1.35. The first-order valence-corrected chi connectivity index (χ1v) is 6.71. The van der Waals surface area contributed by atoms with Crippen molar-refractivity contribution in [1.29, 1.82) is 0 Å². The topological polar surface area (TPSA) is 81.4 Å². The Morgan fingerprint density at radius 2 is 2.00 bits per heavy atom. The number of rotatable bonds is 5. The number of ether oxygens (including phenoxy) is 1. The van der Waals surface area contributed by atoms with Gasteiger partial charge in [-0.1, -0.05) is 0 Å². The summed E-state index contributed by atoms with van der Waals surface area (Å²) in [5, 5.41) is 2.63. The Balaban J connectivity index is 2.71. The average Bonchev–Trinajstić information content (AvgIpc) is 2.38. The van der Waals surface area contributed by atoms with E-state index < -0.39 is 12.0 Å². The molecule has 0 spiro atoms. The minimum Gasteiger partial charge on any atom is -0.467 e. The smallest absolute Gasteiger partial charge is 0.329 e. The van der Waals surface area contributed by atoms with Crippen molar-refractivity contribution in [2.24, 2.45) is 0 Å². The van der Waals surface area contributed by atoms with Crippen molar-refractivity contribution in [1.82, 2.24) is 5.32 Å². The van der Waals surface area contributed by atoms with Crippen LogP contribution in [0.25, 0.3) is 0 Å². The van der Waals surface area contributed by atoms with Crippen molar-refractivity contribution < 1.29 is 14.3 Å². The van der Waals surface area contributed by atoms with Crippen LogP contribution in [-0.4, -0.2) is 37.0 Å². The third kappa shape index (κ3) is 3.96. The summed E-state index contributed by atoms with van der Waals surface area (Å²) in [5.74, 6) is -0.305. The Bertz CT molecular complexity index is 420. The highest BCUT2D eigenvalue weighted by Gasteiger charge is 2.21. The number of nitrogen functional groups attached to an aromatic ring is 1. The Kier molecular flexibility index (Phi) is 5.51. The molecule has 0 aliphatic carbocycles. The second-order valence-electron chi connectivity index (χ2n) is 3.63. The molecule has 0 saturated carbocycles. The van der Waals surface area contributed by atoms with Crippen molar-refractivity contribution in [3.63, 3.8) is 0 Å². The predicted octanol–water partition coefficient (Wildman–Crippen LogP) is 0.903. The van der Waals surface area contributed by atoms with E-state index in [4.69, 9.17) is 5.73 Å². The molecule has 0 fully saturated rings. The number of carbonyl (C=O) groups excluding carboxylic acids is 2. The highest BCUT2D eigenvalue weighted by molar-refractivity contribution is 7.98. The van der Waals surface area contributed by atoms with Gasteiger partial charge in [0.15, 0.2) is 0 Å². The van der Waals surface area contributed by atoms with Gasteiger partial charge < -0.3 is 15.8 Å². The molecule has 1 amide bonds. The van der Waals surface area contributed by atoms with Crippen LogP contribution in [-0.2, 0) is 9.53 Å². The van der Waals surface area contributed by atoms with E-state index in [9.17, 15) is 9.59 Å². The van der Waals surface area contributed by atoms with Gasteiger partial charge in [0.25, 0.3) is 5.91 Å². The lowest BCUT2D eigenvalue weighted by atomic mass is 10.2. The molecule has 0 aliphatic heterocycles. The SMILES string of the molecule is COC(=O)[C@@H](CSC)NC(=O)c1ccc(N)cc1. The molecule has 0 bridgehead atoms. The largest absolute Gasteiger partial charge is 0.467 e. The molecule has 1 aromatic carbocycles. The maximum absolute atomic E-state index is 11.9. The van der Waals surface area contributed by atoms with Gasteiger partial charge in [-0.25, -0.2) is 4.79 Å². The molecule has 98 valence electrons. The molecule has 0 aromatic heterocycles. The summed E-state index contributed by atoms with van der Waals surface area (Å²) in [6.07, 6.45) is 1.85. The zero-order valence-corrected chi connectivity index (χ0v) is 11.1. The van der Waals surface area contributed by atoms with Crippen LogP contribution in [0.5, 0.6) is 0 Å². The van der Waals surface area contributed by atoms with E-state index in [1.165, 1.54) is 18.9 Å². The third-order valence-corrected chi connectivity index (χ3v) is 2.96. The monoisotopic (exact) mass is 268 g/mol. The Morgan fingerprint density at radius 1 is 1.39 bits per heavy atom. The van der Waals surface area contributed by atoms with Gasteiger partial charge in [-0.3, -0.25) is 4.79 Å². The van der Waals surface area contributed by atoms with Gasteiger partial charge in [0.1, 0.15) is 6.04 Å². The fourth-order valence-corrected chi connectivity index (χ4v) is 1.91. The van der Waals surface area contributed by atoms with E-state index in [1.807, 2.05) is 6.26 Å². The molecular weight excluding hydrogens is 252 g/mol. The van der Waals surface area contributed by atoms with Crippen LogP contribution in [0, 0.1) is 0 Å². The third-order valence-electron chi connectivity index (χ3n) is 2.30. The summed E-state index contributed by atoms with van der Waals surface area (Å²) >= 11 is 1.46. The number of anilines is 1. The molecular formula is C12H16N2O3S. The van der Waals surface area contributed by atoms with Crippen LogP contribution in [0.4, 0.5) is 5.69 Å². The van der Waals surface area contributed by atoms with Gasteiger partial charge in [0, 0.05) is 17.0 Å². The summed E-state index contributed by atoms with van der Waals surface area (Å²) < 4.78 is 4.63. The van der Waals surface area contributed by atoms with Crippen LogP contribution in [0.1, 0.15) is 10.4 Å². The standard InChI is InChI=1S/C12H16N2O3S/c1-17-12(16)10(7-18-2)14-11(15)8-3-5-9(13)6-4-8/h3-6,10H,7,13H2,1-2H3,(H,14,15)/t10-/m1/s1. The zero-order chi connectivity index (χ0) is 13.5. The Labute approximate surface area is 110 Å². The maximum Gasteiger partial charge on any atom is 0.329 e. The molecule has 18 heavy (non-hydrogen) atoms. The normalized spacial score (nSPS) is 11.7. The predicted molar refractivity (Wildman–Crippen MR) is 72.5 cm³/mol. The van der Waals surface area contributed by atoms with Gasteiger partial charge in [-0.2, -0.15) is 11.8 Å². The van der Waals surface area contributed by atoms with Gasteiger partial charge in [0.2, 0.25) is 0 Å². The van der Waals surface area contributed by atoms with Crippen molar-refractivity contribution in [3.05, 3.63) is 29.8 Å². The number of benzene rings is 1. The molecule has 3 N–H and O–H groups in total. The molecule has 1 atom stereocenters. The number of hydrogen-bond donors (Lipinski definition) is 2. The van der Waals surface area contributed by atoms with Crippen LogP contribution in [0.3, 0.4) is 0 Å². The number of carbonyl (C=O) groups is 2. The van der Waals surface area contributed by atoms with E-state index in [0.29, 0.717) is 17.0 Å². The van der Waals surface area contributed by atoms with Crippen molar-refractivity contribution in [2.75, 3.05) is 24.9 Å². The van der Waals surface area contributed by atoms with Gasteiger partial charge in [-0.05, 0) is 30.5 Å². The van der Waals surface area contributed by atoms with Gasteiger partial charge >= 0.3 is 5.97 Å². The summed E-state index contributed by atoms with van der Waals surface area (Å²) in [6.45, 7) is 0. The van der Waals surface area contributed by atoms with Crippen LogP contribution >= 0.6 is 11.8 Å². The van der Waals surface area contributed by atoms with Crippen molar-refractivity contribution >= 4 is 29.3 Å². The fraction of sp³-hybridized carbons (Fsp3) is 0.333. The van der Waals surface area contributed by atoms with Gasteiger partial charge in [-0.15, -0.1) is 0 Å². The van der Waals surface area contributed by atoms with E-state index in [2.05, 4.69) is 10.1 Å². The average molecular weight is 268 g/mol. The highest BCUT2D eigenvalue weighted by atomic mass is 32.2. The van der Waals surface area contributed by atoms with E-state index in [1.54, 1.807) is 24.3 Å². The summed E-state index contributed by atoms with van der Waals surface area (Å²) in [6, 6.07) is 5.85. The number of amides is 1. The van der Waals surface area contributed by atoms with Gasteiger partial charge in [0.05, 0.1) is 7.11 Å². The molecule has 0 heterocycles. The number of thioether (sulfide) groups is 1. The molecule has 6 heteroatoms. The molecule has 5 nitrogen and oxygen atoms in total. The lowest BCUT2D eigenvalue weighted by Gasteiger charge is -2.15. The van der Waals surface area contributed by atoms with Crippen LogP contribution < -0.4 is 11.1 Å². The van der Waals surface area contributed by atoms with Crippen LogP contribution in [0.15, 0.2) is 24.3 Å². The first-order chi connectivity index (χ1) is 8.58. The second kappa shape index (κ2) is 6.90. The van der Waals surface area contributed by atoms with E-state index in [0.717, 1.165) is 0 Å². The molecule has 1 aromatic rings. The second-order valence-corrected chi connectivity index (χ2v) is 4.54. The van der Waals surface area contributed by atoms with E-state index >= 15 is 0 Å². The molecule has 1 rings (SSSR count). The minimum absolute atomic E-state index is 0.320. The quantitative estimate of drug-likeness (QED) is 0.612. The Morgan fingerprint density at radius 3 is 2.50 bits per heavy atom. The number of nitrogens with two attached hydrogens (primary N) is 1.